The Labute approximate surface area is 116 Å². The fraction of sp³-hybridized carbons (Fsp3) is 0.667. The molecular weight excluding hydrogens is 238 g/mol. The molecule has 0 bridgehead atoms. The highest BCUT2D eigenvalue weighted by Gasteiger charge is 2.20. The van der Waals surface area contributed by atoms with Crippen molar-refractivity contribution in [2.75, 3.05) is 33.9 Å². The van der Waals surface area contributed by atoms with Crippen molar-refractivity contribution in [2.45, 2.75) is 25.9 Å². The molecule has 1 fully saturated rings. The zero-order valence-electron chi connectivity index (χ0n) is 12.1. The second-order valence-corrected chi connectivity index (χ2v) is 5.41. The Kier molecular flexibility index (Phi) is 5.76. The van der Waals surface area contributed by atoms with Crippen LogP contribution in [0.4, 0.5) is 0 Å². The van der Waals surface area contributed by atoms with Crippen LogP contribution in [0.5, 0.6) is 0 Å². The van der Waals surface area contributed by atoms with Gasteiger partial charge < -0.3 is 10.1 Å². The monoisotopic (exact) mass is 263 g/mol. The largest absolute Gasteiger partial charge is 0.380 e. The van der Waals surface area contributed by atoms with Crippen LogP contribution in [-0.2, 0) is 17.8 Å². The van der Waals surface area contributed by atoms with Crippen LogP contribution in [-0.4, -0.2) is 43.7 Å². The molecule has 1 aromatic heterocycles. The van der Waals surface area contributed by atoms with E-state index in [1.807, 2.05) is 7.05 Å². The van der Waals surface area contributed by atoms with E-state index in [2.05, 4.69) is 40.4 Å². The zero-order chi connectivity index (χ0) is 13.5. The number of nitrogens with one attached hydrogen (secondary N) is 1. The van der Waals surface area contributed by atoms with Crippen molar-refractivity contribution in [1.29, 1.82) is 0 Å². The van der Waals surface area contributed by atoms with Crippen molar-refractivity contribution in [3.63, 3.8) is 0 Å². The van der Waals surface area contributed by atoms with Crippen molar-refractivity contribution >= 4 is 0 Å². The van der Waals surface area contributed by atoms with Gasteiger partial charge >= 0.3 is 0 Å². The molecular formula is C15H25N3O. The van der Waals surface area contributed by atoms with Crippen LogP contribution in [0, 0.1) is 5.92 Å². The molecule has 0 atom stereocenters. The molecule has 2 rings (SSSR count). The van der Waals surface area contributed by atoms with Gasteiger partial charge in [-0.15, -0.1) is 0 Å². The standard InChI is InChI=1S/C15H25N3O/c1-16-10-14-4-3-5-15(17-14)11-18(2)8-9-19-12-13-6-7-13/h3-5,13,16H,6-12H2,1-2H3. The lowest BCUT2D eigenvalue weighted by atomic mass is 10.3. The molecule has 1 heterocycles. The van der Waals surface area contributed by atoms with E-state index in [9.17, 15) is 0 Å². The number of likely N-dealkylation sites (N-methyl/N-ethyl adjacent to an activating group) is 1. The van der Waals surface area contributed by atoms with Crippen LogP contribution in [0.1, 0.15) is 24.2 Å². The molecule has 1 aliphatic rings. The Morgan fingerprint density at radius 2 is 2.16 bits per heavy atom. The molecule has 0 spiro atoms. The van der Waals surface area contributed by atoms with E-state index in [-0.39, 0.29) is 0 Å². The third-order valence-corrected chi connectivity index (χ3v) is 3.32. The quantitative estimate of drug-likeness (QED) is 0.688. The lowest BCUT2D eigenvalue weighted by molar-refractivity contribution is 0.101. The molecule has 1 saturated carbocycles. The summed E-state index contributed by atoms with van der Waals surface area (Å²) in [6.07, 6.45) is 2.72. The molecule has 0 aromatic carbocycles. The van der Waals surface area contributed by atoms with Crippen LogP contribution in [0.3, 0.4) is 0 Å². The van der Waals surface area contributed by atoms with Gasteiger partial charge in [0.05, 0.1) is 18.0 Å². The van der Waals surface area contributed by atoms with E-state index in [4.69, 9.17) is 4.74 Å². The highest BCUT2D eigenvalue weighted by molar-refractivity contribution is 5.11. The van der Waals surface area contributed by atoms with Crippen molar-refractivity contribution in [1.82, 2.24) is 15.2 Å². The molecule has 1 N–H and O–H groups in total. The summed E-state index contributed by atoms with van der Waals surface area (Å²) in [6.45, 7) is 4.43. The van der Waals surface area contributed by atoms with Crippen molar-refractivity contribution in [3.05, 3.63) is 29.6 Å². The molecule has 0 radical (unpaired) electrons. The van der Waals surface area contributed by atoms with Crippen LogP contribution in [0.2, 0.25) is 0 Å². The minimum atomic E-state index is 0.821. The predicted molar refractivity (Wildman–Crippen MR) is 76.9 cm³/mol. The van der Waals surface area contributed by atoms with E-state index in [0.717, 1.165) is 50.2 Å². The first-order valence-electron chi connectivity index (χ1n) is 7.13. The van der Waals surface area contributed by atoms with E-state index < -0.39 is 0 Å². The van der Waals surface area contributed by atoms with Gasteiger partial charge in [-0.2, -0.15) is 0 Å². The topological polar surface area (TPSA) is 37.4 Å². The fourth-order valence-corrected chi connectivity index (χ4v) is 2.01. The van der Waals surface area contributed by atoms with Crippen LogP contribution < -0.4 is 5.32 Å². The van der Waals surface area contributed by atoms with Gasteiger partial charge in [-0.05, 0) is 45.0 Å². The molecule has 0 saturated heterocycles. The number of hydrogen-bond donors (Lipinski definition) is 1. The summed E-state index contributed by atoms with van der Waals surface area (Å²) in [6, 6.07) is 6.21. The van der Waals surface area contributed by atoms with Crippen molar-refractivity contribution in [3.8, 4) is 0 Å². The van der Waals surface area contributed by atoms with Gasteiger partial charge in [-0.25, -0.2) is 0 Å². The number of nitrogens with zero attached hydrogens (tertiary/aromatic N) is 2. The van der Waals surface area contributed by atoms with E-state index in [1.165, 1.54) is 12.8 Å². The maximum atomic E-state index is 5.66. The molecule has 4 heteroatoms. The number of rotatable bonds is 9. The number of aromatic nitrogens is 1. The summed E-state index contributed by atoms with van der Waals surface area (Å²) in [5, 5.41) is 3.13. The third-order valence-electron chi connectivity index (χ3n) is 3.32. The Morgan fingerprint density at radius 1 is 1.37 bits per heavy atom. The van der Waals surface area contributed by atoms with Gasteiger partial charge in [-0.1, -0.05) is 6.07 Å². The van der Waals surface area contributed by atoms with Crippen LogP contribution >= 0.6 is 0 Å². The van der Waals surface area contributed by atoms with Gasteiger partial charge in [0.25, 0.3) is 0 Å². The van der Waals surface area contributed by atoms with Crippen LogP contribution in [0.25, 0.3) is 0 Å². The maximum absolute atomic E-state index is 5.66. The maximum Gasteiger partial charge on any atom is 0.0593 e. The number of hydrogen-bond acceptors (Lipinski definition) is 4. The molecule has 19 heavy (non-hydrogen) atoms. The fourth-order valence-electron chi connectivity index (χ4n) is 2.01. The first kappa shape index (κ1) is 14.4. The molecule has 4 nitrogen and oxygen atoms in total. The Balaban J connectivity index is 1.67. The lowest BCUT2D eigenvalue weighted by Gasteiger charge is -2.16. The Bertz CT molecular complexity index is 379. The molecule has 0 unspecified atom stereocenters. The number of ether oxygens (including phenoxy) is 1. The summed E-state index contributed by atoms with van der Waals surface area (Å²) >= 11 is 0. The second-order valence-electron chi connectivity index (χ2n) is 5.41. The minimum absolute atomic E-state index is 0.821. The van der Waals surface area contributed by atoms with Gasteiger partial charge in [-0.3, -0.25) is 9.88 Å². The van der Waals surface area contributed by atoms with Gasteiger partial charge in [0.2, 0.25) is 0 Å². The molecule has 106 valence electrons. The second kappa shape index (κ2) is 7.58. The van der Waals surface area contributed by atoms with Crippen molar-refractivity contribution < 1.29 is 4.74 Å². The Morgan fingerprint density at radius 3 is 2.89 bits per heavy atom. The minimum Gasteiger partial charge on any atom is -0.380 e. The normalized spacial score (nSPS) is 15.1. The molecule has 0 aliphatic heterocycles. The predicted octanol–water partition coefficient (Wildman–Crippen LogP) is 1.66. The first-order valence-corrected chi connectivity index (χ1v) is 7.13. The highest BCUT2D eigenvalue weighted by atomic mass is 16.5. The molecule has 1 aliphatic carbocycles. The summed E-state index contributed by atoms with van der Waals surface area (Å²) < 4.78 is 5.66. The van der Waals surface area contributed by atoms with E-state index in [1.54, 1.807) is 0 Å². The van der Waals surface area contributed by atoms with E-state index >= 15 is 0 Å². The molecule has 1 aromatic rings. The Hall–Kier alpha value is -0.970. The smallest absolute Gasteiger partial charge is 0.0593 e. The average Bonchev–Trinajstić information content (AvgIpc) is 3.20. The summed E-state index contributed by atoms with van der Waals surface area (Å²) in [4.78, 5) is 6.89. The molecule has 0 amide bonds. The van der Waals surface area contributed by atoms with Gasteiger partial charge in [0.15, 0.2) is 0 Å². The van der Waals surface area contributed by atoms with Crippen molar-refractivity contribution in [2.24, 2.45) is 5.92 Å². The SMILES string of the molecule is CNCc1cccc(CN(C)CCOCC2CC2)n1. The average molecular weight is 263 g/mol. The highest BCUT2D eigenvalue weighted by Crippen LogP contribution is 2.28. The summed E-state index contributed by atoms with van der Waals surface area (Å²) in [7, 11) is 4.06. The summed E-state index contributed by atoms with van der Waals surface area (Å²) in [5.41, 5.74) is 2.22. The lowest BCUT2D eigenvalue weighted by Crippen LogP contribution is -2.24. The van der Waals surface area contributed by atoms with Gasteiger partial charge in [0.1, 0.15) is 0 Å². The zero-order valence-corrected chi connectivity index (χ0v) is 12.1. The van der Waals surface area contributed by atoms with Gasteiger partial charge in [0, 0.05) is 26.2 Å². The van der Waals surface area contributed by atoms with Crippen LogP contribution in [0.15, 0.2) is 18.2 Å². The first-order chi connectivity index (χ1) is 9.28. The third kappa shape index (κ3) is 5.68. The summed E-state index contributed by atoms with van der Waals surface area (Å²) in [5.74, 6) is 0.852. The number of pyridine rings is 1. The van der Waals surface area contributed by atoms with E-state index in [0.29, 0.717) is 0 Å².